The van der Waals surface area contributed by atoms with Crippen LogP contribution in [0, 0.1) is 0 Å². The van der Waals surface area contributed by atoms with Gasteiger partial charge in [-0.15, -0.1) is 0 Å². The molecule has 4 heteroatoms. The maximum absolute atomic E-state index is 4.37. The minimum Gasteiger partial charge on any atom is -0.373 e. The Labute approximate surface area is 135 Å². The summed E-state index contributed by atoms with van der Waals surface area (Å²) in [6.07, 6.45) is 2.80. The van der Waals surface area contributed by atoms with Crippen LogP contribution in [0.2, 0.25) is 0 Å². The van der Waals surface area contributed by atoms with Crippen LogP contribution in [0.1, 0.15) is 18.2 Å². The third-order valence-corrected chi connectivity index (χ3v) is 4.07. The summed E-state index contributed by atoms with van der Waals surface area (Å²) in [6, 6.07) is 12.6. The number of rotatable bonds is 7. The lowest BCUT2D eigenvalue weighted by atomic mass is 10.2. The second-order valence-corrected chi connectivity index (χ2v) is 5.91. The molecule has 0 atom stereocenters. The van der Waals surface area contributed by atoms with Crippen LogP contribution in [0.5, 0.6) is 0 Å². The molecule has 0 radical (unpaired) electrons. The first-order chi connectivity index (χ1) is 10.2. The van der Waals surface area contributed by atoms with Crippen LogP contribution in [-0.4, -0.2) is 25.1 Å². The van der Waals surface area contributed by atoms with Gasteiger partial charge in [0, 0.05) is 42.9 Å². The minimum atomic E-state index is 0.910. The molecule has 0 aliphatic carbocycles. The molecule has 0 saturated heterocycles. The molecule has 0 saturated carbocycles. The van der Waals surface area contributed by atoms with Gasteiger partial charge in [-0.1, -0.05) is 19.1 Å². The zero-order valence-corrected chi connectivity index (χ0v) is 14.2. The number of halogens is 1. The van der Waals surface area contributed by atoms with E-state index in [-0.39, 0.29) is 0 Å². The number of hydrogen-bond acceptors (Lipinski definition) is 3. The SMILES string of the molecule is CCNCc1ccc(N(C)CCc2ccccn2)c(Br)c1. The Bertz CT molecular complexity index is 557. The topological polar surface area (TPSA) is 28.2 Å². The van der Waals surface area contributed by atoms with E-state index < -0.39 is 0 Å². The zero-order valence-electron chi connectivity index (χ0n) is 12.6. The summed E-state index contributed by atoms with van der Waals surface area (Å²) in [5.74, 6) is 0. The molecule has 0 unspecified atom stereocenters. The predicted octanol–water partition coefficient (Wildman–Crippen LogP) is 3.63. The van der Waals surface area contributed by atoms with E-state index in [1.54, 1.807) is 0 Å². The van der Waals surface area contributed by atoms with E-state index in [9.17, 15) is 0 Å². The molecule has 2 rings (SSSR count). The Hall–Kier alpha value is -1.39. The van der Waals surface area contributed by atoms with E-state index in [4.69, 9.17) is 0 Å². The number of anilines is 1. The van der Waals surface area contributed by atoms with Crippen LogP contribution >= 0.6 is 15.9 Å². The molecular weight excluding hydrogens is 326 g/mol. The summed E-state index contributed by atoms with van der Waals surface area (Å²) in [7, 11) is 2.12. The van der Waals surface area contributed by atoms with Crippen LogP contribution in [0.4, 0.5) is 5.69 Å². The standard InChI is InChI=1S/C17H22BrN3/c1-3-19-13-14-7-8-17(16(18)12-14)21(2)11-9-15-6-4-5-10-20-15/h4-8,10,12,19H,3,9,11,13H2,1-2H3. The van der Waals surface area contributed by atoms with Gasteiger partial charge < -0.3 is 10.2 Å². The van der Waals surface area contributed by atoms with Crippen LogP contribution in [0.3, 0.4) is 0 Å². The van der Waals surface area contributed by atoms with Crippen molar-refractivity contribution in [3.8, 4) is 0 Å². The lowest BCUT2D eigenvalue weighted by Gasteiger charge is -2.21. The van der Waals surface area contributed by atoms with E-state index in [2.05, 4.69) is 69.4 Å². The largest absolute Gasteiger partial charge is 0.373 e. The first-order valence-electron chi connectivity index (χ1n) is 7.31. The summed E-state index contributed by atoms with van der Waals surface area (Å²) in [5.41, 5.74) is 3.64. The molecule has 3 nitrogen and oxygen atoms in total. The highest BCUT2D eigenvalue weighted by molar-refractivity contribution is 9.10. The van der Waals surface area contributed by atoms with Gasteiger partial charge in [0.15, 0.2) is 0 Å². The minimum absolute atomic E-state index is 0.910. The molecule has 0 spiro atoms. The number of likely N-dealkylation sites (N-methyl/N-ethyl adjacent to an activating group) is 1. The molecular formula is C17H22BrN3. The van der Waals surface area contributed by atoms with Crippen LogP contribution in [0.15, 0.2) is 47.1 Å². The number of benzene rings is 1. The molecule has 21 heavy (non-hydrogen) atoms. The predicted molar refractivity (Wildman–Crippen MR) is 92.7 cm³/mol. The number of aromatic nitrogens is 1. The molecule has 0 aliphatic heterocycles. The molecule has 1 aromatic carbocycles. The summed E-state index contributed by atoms with van der Waals surface area (Å²) < 4.78 is 1.14. The van der Waals surface area contributed by atoms with Gasteiger partial charge in [-0.25, -0.2) is 0 Å². The van der Waals surface area contributed by atoms with Crippen molar-refractivity contribution < 1.29 is 0 Å². The first-order valence-corrected chi connectivity index (χ1v) is 8.10. The smallest absolute Gasteiger partial charge is 0.0508 e. The summed E-state index contributed by atoms with van der Waals surface area (Å²) >= 11 is 3.68. The van der Waals surface area contributed by atoms with Crippen molar-refractivity contribution in [1.29, 1.82) is 0 Å². The summed E-state index contributed by atoms with van der Waals surface area (Å²) in [4.78, 5) is 6.63. The van der Waals surface area contributed by atoms with Crippen molar-refractivity contribution in [2.24, 2.45) is 0 Å². The van der Waals surface area contributed by atoms with Crippen LogP contribution in [-0.2, 0) is 13.0 Å². The second-order valence-electron chi connectivity index (χ2n) is 5.06. The van der Waals surface area contributed by atoms with E-state index in [0.717, 1.165) is 36.2 Å². The highest BCUT2D eigenvalue weighted by Crippen LogP contribution is 2.26. The average molecular weight is 348 g/mol. The lowest BCUT2D eigenvalue weighted by molar-refractivity contribution is 0.726. The lowest BCUT2D eigenvalue weighted by Crippen LogP contribution is -2.21. The maximum atomic E-state index is 4.37. The first kappa shape index (κ1) is 16.0. The Balaban J connectivity index is 1.97. The van der Waals surface area contributed by atoms with Gasteiger partial charge >= 0.3 is 0 Å². The Morgan fingerprint density at radius 2 is 2.10 bits per heavy atom. The van der Waals surface area contributed by atoms with E-state index in [1.165, 1.54) is 11.3 Å². The molecule has 0 aliphatic rings. The fourth-order valence-electron chi connectivity index (χ4n) is 2.19. The molecule has 2 aromatic rings. The number of nitrogens with zero attached hydrogens (tertiary/aromatic N) is 2. The number of hydrogen-bond donors (Lipinski definition) is 1. The van der Waals surface area contributed by atoms with Crippen molar-refractivity contribution in [1.82, 2.24) is 10.3 Å². The van der Waals surface area contributed by atoms with Crippen molar-refractivity contribution >= 4 is 21.6 Å². The van der Waals surface area contributed by atoms with Crippen molar-refractivity contribution in [2.45, 2.75) is 19.9 Å². The summed E-state index contributed by atoms with van der Waals surface area (Å²) in [5, 5.41) is 3.34. The molecule has 112 valence electrons. The molecule has 1 N–H and O–H groups in total. The fourth-order valence-corrected chi connectivity index (χ4v) is 2.92. The second kappa shape index (κ2) is 8.15. The Morgan fingerprint density at radius 1 is 1.24 bits per heavy atom. The molecule has 0 fully saturated rings. The molecule has 0 amide bonds. The van der Waals surface area contributed by atoms with E-state index >= 15 is 0 Å². The van der Waals surface area contributed by atoms with E-state index in [0.29, 0.717) is 0 Å². The van der Waals surface area contributed by atoms with Crippen LogP contribution in [0.25, 0.3) is 0 Å². The van der Waals surface area contributed by atoms with Gasteiger partial charge in [0.05, 0.1) is 5.69 Å². The van der Waals surface area contributed by atoms with Gasteiger partial charge in [0.2, 0.25) is 0 Å². The molecule has 1 aromatic heterocycles. The van der Waals surface area contributed by atoms with Crippen molar-refractivity contribution in [3.63, 3.8) is 0 Å². The van der Waals surface area contributed by atoms with E-state index in [1.807, 2.05) is 18.3 Å². The summed E-state index contributed by atoms with van der Waals surface area (Å²) in [6.45, 7) is 4.97. The maximum Gasteiger partial charge on any atom is 0.0508 e. The highest BCUT2D eigenvalue weighted by atomic mass is 79.9. The molecule has 0 bridgehead atoms. The van der Waals surface area contributed by atoms with Gasteiger partial charge in [0.1, 0.15) is 0 Å². The fraction of sp³-hybridized carbons (Fsp3) is 0.353. The van der Waals surface area contributed by atoms with Gasteiger partial charge in [-0.05, 0) is 52.3 Å². The number of nitrogens with one attached hydrogen (secondary N) is 1. The number of pyridine rings is 1. The van der Waals surface area contributed by atoms with Crippen molar-refractivity contribution in [3.05, 3.63) is 58.3 Å². The third kappa shape index (κ3) is 4.83. The Kier molecular flexibility index (Phi) is 6.21. The average Bonchev–Trinajstić information content (AvgIpc) is 2.51. The third-order valence-electron chi connectivity index (χ3n) is 3.43. The zero-order chi connectivity index (χ0) is 15.1. The quantitative estimate of drug-likeness (QED) is 0.828. The van der Waals surface area contributed by atoms with Gasteiger partial charge in [-0.2, -0.15) is 0 Å². The Morgan fingerprint density at radius 3 is 2.76 bits per heavy atom. The van der Waals surface area contributed by atoms with Crippen LogP contribution < -0.4 is 10.2 Å². The van der Waals surface area contributed by atoms with Gasteiger partial charge in [-0.3, -0.25) is 4.98 Å². The highest BCUT2D eigenvalue weighted by Gasteiger charge is 2.07. The molecule has 1 heterocycles. The normalized spacial score (nSPS) is 10.6. The van der Waals surface area contributed by atoms with Gasteiger partial charge in [0.25, 0.3) is 0 Å². The monoisotopic (exact) mass is 347 g/mol. The van der Waals surface area contributed by atoms with Crippen molar-refractivity contribution in [2.75, 3.05) is 25.0 Å².